The molecule has 2 aromatic rings. The SMILES string of the molecule is Cc1cccc(C(C)(C)CNC(=O)c2ccccc2OC(F)F)c1. The molecule has 128 valence electrons. The molecular formula is C19H21F2NO2. The number of benzene rings is 2. The topological polar surface area (TPSA) is 38.3 Å². The lowest BCUT2D eigenvalue weighted by Gasteiger charge is -2.26. The van der Waals surface area contributed by atoms with Crippen LogP contribution in [0.4, 0.5) is 8.78 Å². The Bertz CT molecular complexity index is 714. The minimum Gasteiger partial charge on any atom is -0.434 e. The second kappa shape index (κ2) is 7.43. The Hall–Kier alpha value is -2.43. The number of rotatable bonds is 6. The summed E-state index contributed by atoms with van der Waals surface area (Å²) in [5.41, 5.74) is 2.04. The van der Waals surface area contributed by atoms with E-state index in [1.165, 1.54) is 12.1 Å². The lowest BCUT2D eigenvalue weighted by atomic mass is 9.84. The van der Waals surface area contributed by atoms with Gasteiger partial charge in [-0.25, -0.2) is 0 Å². The smallest absolute Gasteiger partial charge is 0.387 e. The minimum absolute atomic E-state index is 0.0952. The molecule has 0 aliphatic carbocycles. The third-order valence-corrected chi connectivity index (χ3v) is 3.84. The molecule has 0 fully saturated rings. The highest BCUT2D eigenvalue weighted by Gasteiger charge is 2.23. The number of hydrogen-bond donors (Lipinski definition) is 1. The highest BCUT2D eigenvalue weighted by molar-refractivity contribution is 5.96. The third kappa shape index (κ3) is 4.54. The second-order valence-electron chi connectivity index (χ2n) is 6.31. The summed E-state index contributed by atoms with van der Waals surface area (Å²) in [6, 6.07) is 14.0. The first-order valence-electron chi connectivity index (χ1n) is 7.69. The van der Waals surface area contributed by atoms with Crippen molar-refractivity contribution in [3.05, 3.63) is 65.2 Å². The van der Waals surface area contributed by atoms with Crippen molar-refractivity contribution in [1.29, 1.82) is 0 Å². The van der Waals surface area contributed by atoms with Crippen molar-refractivity contribution in [1.82, 2.24) is 5.32 Å². The summed E-state index contributed by atoms with van der Waals surface area (Å²) in [6.07, 6.45) is 0. The van der Waals surface area contributed by atoms with E-state index in [-0.39, 0.29) is 16.7 Å². The number of carbonyl (C=O) groups excluding carboxylic acids is 1. The van der Waals surface area contributed by atoms with E-state index < -0.39 is 12.5 Å². The Morgan fingerprint density at radius 2 is 1.88 bits per heavy atom. The highest BCUT2D eigenvalue weighted by Crippen LogP contribution is 2.24. The molecule has 0 saturated carbocycles. The summed E-state index contributed by atoms with van der Waals surface area (Å²) in [4.78, 5) is 12.4. The van der Waals surface area contributed by atoms with Crippen LogP contribution in [0.5, 0.6) is 5.75 Å². The normalized spacial score (nSPS) is 11.4. The van der Waals surface area contributed by atoms with Gasteiger partial charge in [0.2, 0.25) is 0 Å². The van der Waals surface area contributed by atoms with Crippen molar-refractivity contribution >= 4 is 5.91 Å². The van der Waals surface area contributed by atoms with E-state index in [1.807, 2.05) is 39.0 Å². The maximum Gasteiger partial charge on any atom is 0.387 e. The van der Waals surface area contributed by atoms with Crippen molar-refractivity contribution in [3.63, 3.8) is 0 Å². The summed E-state index contributed by atoms with van der Waals surface area (Å²) >= 11 is 0. The van der Waals surface area contributed by atoms with Crippen molar-refractivity contribution in [2.45, 2.75) is 32.8 Å². The predicted molar refractivity (Wildman–Crippen MR) is 89.6 cm³/mol. The van der Waals surface area contributed by atoms with E-state index in [0.29, 0.717) is 6.54 Å². The van der Waals surface area contributed by atoms with Gasteiger partial charge in [-0.3, -0.25) is 4.79 Å². The fraction of sp³-hybridized carbons (Fsp3) is 0.316. The van der Waals surface area contributed by atoms with E-state index in [2.05, 4.69) is 16.1 Å². The van der Waals surface area contributed by atoms with Gasteiger partial charge in [-0.2, -0.15) is 8.78 Å². The molecule has 1 N–H and O–H groups in total. The number of carbonyl (C=O) groups is 1. The van der Waals surface area contributed by atoms with Crippen LogP contribution in [0, 0.1) is 6.92 Å². The number of halogens is 2. The van der Waals surface area contributed by atoms with Crippen molar-refractivity contribution in [2.24, 2.45) is 0 Å². The van der Waals surface area contributed by atoms with E-state index in [0.717, 1.165) is 11.1 Å². The first-order valence-corrected chi connectivity index (χ1v) is 7.69. The standard InChI is InChI=1S/C19H21F2NO2/c1-13-7-6-8-14(11-13)19(2,3)12-22-17(23)15-9-4-5-10-16(15)24-18(20)21/h4-11,18H,12H2,1-3H3,(H,22,23). The molecule has 0 aliphatic heterocycles. The van der Waals surface area contributed by atoms with E-state index in [9.17, 15) is 13.6 Å². The van der Waals surface area contributed by atoms with Crippen LogP contribution in [-0.4, -0.2) is 19.1 Å². The van der Waals surface area contributed by atoms with Crippen molar-refractivity contribution in [3.8, 4) is 5.75 Å². The molecule has 1 amide bonds. The number of para-hydroxylation sites is 1. The van der Waals surface area contributed by atoms with Crippen molar-refractivity contribution < 1.29 is 18.3 Å². The summed E-state index contributed by atoms with van der Waals surface area (Å²) in [7, 11) is 0. The largest absolute Gasteiger partial charge is 0.434 e. The first-order chi connectivity index (χ1) is 11.3. The average Bonchev–Trinajstić information content (AvgIpc) is 2.53. The van der Waals surface area contributed by atoms with Gasteiger partial charge in [0.1, 0.15) is 5.75 Å². The molecule has 2 rings (SSSR count). The molecule has 5 heteroatoms. The zero-order valence-corrected chi connectivity index (χ0v) is 14.0. The second-order valence-corrected chi connectivity index (χ2v) is 6.31. The fourth-order valence-electron chi connectivity index (χ4n) is 2.42. The first kappa shape index (κ1) is 17.9. The summed E-state index contributed by atoms with van der Waals surface area (Å²) < 4.78 is 29.3. The van der Waals surface area contributed by atoms with Crippen LogP contribution in [0.25, 0.3) is 0 Å². The molecule has 0 radical (unpaired) electrons. The van der Waals surface area contributed by atoms with Gasteiger partial charge in [0.25, 0.3) is 5.91 Å². The Labute approximate surface area is 140 Å². The molecule has 0 atom stereocenters. The molecule has 3 nitrogen and oxygen atoms in total. The number of amides is 1. The molecule has 2 aromatic carbocycles. The quantitative estimate of drug-likeness (QED) is 0.856. The highest BCUT2D eigenvalue weighted by atomic mass is 19.3. The van der Waals surface area contributed by atoms with Crippen LogP contribution in [-0.2, 0) is 5.41 Å². The van der Waals surface area contributed by atoms with Gasteiger partial charge in [-0.1, -0.05) is 55.8 Å². The van der Waals surface area contributed by atoms with Gasteiger partial charge >= 0.3 is 6.61 Å². The van der Waals surface area contributed by atoms with Gasteiger partial charge in [0.05, 0.1) is 5.56 Å². The number of alkyl halides is 2. The molecule has 24 heavy (non-hydrogen) atoms. The van der Waals surface area contributed by atoms with Gasteiger partial charge in [-0.15, -0.1) is 0 Å². The summed E-state index contributed by atoms with van der Waals surface area (Å²) in [5.74, 6) is -0.565. The number of ether oxygens (including phenoxy) is 1. The lowest BCUT2D eigenvalue weighted by molar-refractivity contribution is -0.0501. The maximum atomic E-state index is 12.4. The molecule has 0 bridgehead atoms. The van der Waals surface area contributed by atoms with Crippen LogP contribution < -0.4 is 10.1 Å². The van der Waals surface area contributed by atoms with Crippen LogP contribution in [0.1, 0.15) is 35.3 Å². The van der Waals surface area contributed by atoms with Gasteiger partial charge < -0.3 is 10.1 Å². The Balaban J connectivity index is 2.10. The summed E-state index contributed by atoms with van der Waals surface area (Å²) in [5, 5.41) is 2.81. The zero-order chi connectivity index (χ0) is 17.7. The molecule has 0 spiro atoms. The number of aryl methyl sites for hydroxylation is 1. The van der Waals surface area contributed by atoms with Crippen molar-refractivity contribution in [2.75, 3.05) is 6.54 Å². The lowest BCUT2D eigenvalue weighted by Crippen LogP contribution is -2.36. The molecule has 0 saturated heterocycles. The molecule has 0 heterocycles. The Morgan fingerprint density at radius 1 is 1.17 bits per heavy atom. The Kier molecular flexibility index (Phi) is 5.54. The van der Waals surface area contributed by atoms with Gasteiger partial charge in [-0.05, 0) is 24.6 Å². The van der Waals surface area contributed by atoms with E-state index in [1.54, 1.807) is 12.1 Å². The maximum absolute atomic E-state index is 12.4. The monoisotopic (exact) mass is 333 g/mol. The number of hydrogen-bond acceptors (Lipinski definition) is 2. The van der Waals surface area contributed by atoms with Crippen LogP contribution in [0.3, 0.4) is 0 Å². The fourth-order valence-corrected chi connectivity index (χ4v) is 2.42. The van der Waals surface area contributed by atoms with Crippen LogP contribution >= 0.6 is 0 Å². The zero-order valence-electron chi connectivity index (χ0n) is 14.0. The van der Waals surface area contributed by atoms with Gasteiger partial charge in [0, 0.05) is 12.0 Å². The van der Waals surface area contributed by atoms with Crippen LogP contribution in [0.15, 0.2) is 48.5 Å². The molecule has 0 aromatic heterocycles. The van der Waals surface area contributed by atoms with Gasteiger partial charge in [0.15, 0.2) is 0 Å². The average molecular weight is 333 g/mol. The summed E-state index contributed by atoms with van der Waals surface area (Å²) in [6.45, 7) is 3.45. The number of nitrogens with one attached hydrogen (secondary N) is 1. The molecule has 0 aliphatic rings. The van der Waals surface area contributed by atoms with E-state index >= 15 is 0 Å². The Morgan fingerprint density at radius 3 is 2.54 bits per heavy atom. The molecule has 0 unspecified atom stereocenters. The van der Waals surface area contributed by atoms with E-state index in [4.69, 9.17) is 0 Å². The third-order valence-electron chi connectivity index (χ3n) is 3.84. The molecular weight excluding hydrogens is 312 g/mol. The van der Waals surface area contributed by atoms with Crippen LogP contribution in [0.2, 0.25) is 0 Å². The minimum atomic E-state index is -2.97. The predicted octanol–water partition coefficient (Wildman–Crippen LogP) is 4.30.